The average Bonchev–Trinajstić information content (AvgIpc) is 2.76. The molecular formula is C22H30N4O3S. The van der Waals surface area contributed by atoms with Crippen LogP contribution < -0.4 is 10.0 Å². The molecule has 7 nitrogen and oxygen atoms in total. The van der Waals surface area contributed by atoms with Crippen LogP contribution in [-0.4, -0.2) is 53.1 Å². The van der Waals surface area contributed by atoms with Gasteiger partial charge in [0.2, 0.25) is 10.0 Å². The van der Waals surface area contributed by atoms with Crippen molar-refractivity contribution in [1.29, 1.82) is 0 Å². The number of aryl methyl sites for hydroxylation is 1. The summed E-state index contributed by atoms with van der Waals surface area (Å²) < 4.78 is 31.7. The maximum atomic E-state index is 11.7. The van der Waals surface area contributed by atoms with Gasteiger partial charge in [0.05, 0.1) is 18.9 Å². The van der Waals surface area contributed by atoms with E-state index in [1.165, 1.54) is 18.2 Å². The lowest BCUT2D eigenvalue weighted by Crippen LogP contribution is -2.48. The highest BCUT2D eigenvalue weighted by Gasteiger charge is 2.25. The van der Waals surface area contributed by atoms with E-state index >= 15 is 0 Å². The highest BCUT2D eigenvalue weighted by molar-refractivity contribution is 7.88. The van der Waals surface area contributed by atoms with Crippen molar-refractivity contribution >= 4 is 16.0 Å². The molecule has 0 amide bonds. The second-order valence-electron chi connectivity index (χ2n) is 7.34. The van der Waals surface area contributed by atoms with Crippen LogP contribution in [0, 0.1) is 6.92 Å². The molecule has 1 heterocycles. The van der Waals surface area contributed by atoms with Crippen molar-refractivity contribution in [3.63, 3.8) is 0 Å². The van der Waals surface area contributed by atoms with Crippen molar-refractivity contribution in [3.8, 4) is 0 Å². The molecule has 1 atom stereocenters. The molecule has 0 aliphatic carbocycles. The zero-order chi connectivity index (χ0) is 21.6. The van der Waals surface area contributed by atoms with E-state index in [4.69, 9.17) is 4.74 Å². The summed E-state index contributed by atoms with van der Waals surface area (Å²) in [4.78, 5) is 6.66. The van der Waals surface area contributed by atoms with Crippen LogP contribution in [0.3, 0.4) is 0 Å². The van der Waals surface area contributed by atoms with Gasteiger partial charge in [0.15, 0.2) is 5.96 Å². The molecule has 1 fully saturated rings. The molecular weight excluding hydrogens is 400 g/mol. The topological polar surface area (TPSA) is 83.0 Å². The smallest absolute Gasteiger partial charge is 0.215 e. The van der Waals surface area contributed by atoms with E-state index in [2.05, 4.69) is 39.0 Å². The van der Waals surface area contributed by atoms with Crippen LogP contribution in [0.5, 0.6) is 0 Å². The molecule has 1 unspecified atom stereocenters. The van der Waals surface area contributed by atoms with E-state index in [0.717, 1.165) is 30.2 Å². The Morgan fingerprint density at radius 3 is 2.53 bits per heavy atom. The molecule has 0 spiro atoms. The first-order valence-corrected chi connectivity index (χ1v) is 11.7. The number of hydrogen-bond donors (Lipinski definition) is 2. The molecule has 0 saturated carbocycles. The van der Waals surface area contributed by atoms with Crippen molar-refractivity contribution in [3.05, 3.63) is 70.8 Å². The van der Waals surface area contributed by atoms with Gasteiger partial charge in [0.1, 0.15) is 6.10 Å². The van der Waals surface area contributed by atoms with Crippen LogP contribution in [0.2, 0.25) is 0 Å². The number of benzene rings is 2. The highest BCUT2D eigenvalue weighted by atomic mass is 32.2. The van der Waals surface area contributed by atoms with E-state index in [9.17, 15) is 8.42 Å². The molecule has 1 aliphatic rings. The minimum absolute atomic E-state index is 0.0203. The number of nitrogens with one attached hydrogen (secondary N) is 2. The monoisotopic (exact) mass is 430 g/mol. The van der Waals surface area contributed by atoms with Gasteiger partial charge < -0.3 is 15.0 Å². The summed E-state index contributed by atoms with van der Waals surface area (Å²) in [6.07, 6.45) is 0.0203. The van der Waals surface area contributed by atoms with Crippen LogP contribution >= 0.6 is 0 Å². The maximum Gasteiger partial charge on any atom is 0.215 e. The van der Waals surface area contributed by atoms with Crippen molar-refractivity contribution in [2.45, 2.75) is 25.3 Å². The van der Waals surface area contributed by atoms with Gasteiger partial charge in [0.25, 0.3) is 0 Å². The van der Waals surface area contributed by atoms with Crippen LogP contribution in [-0.2, 0) is 27.1 Å². The summed E-state index contributed by atoms with van der Waals surface area (Å²) in [5.74, 6) is 0.811. The largest absolute Gasteiger partial charge is 0.370 e. The first-order chi connectivity index (χ1) is 14.4. The lowest BCUT2D eigenvalue weighted by atomic mass is 10.0. The van der Waals surface area contributed by atoms with Gasteiger partial charge in [-0.3, -0.25) is 4.99 Å². The maximum absolute atomic E-state index is 11.7. The summed E-state index contributed by atoms with van der Waals surface area (Å²) in [5, 5.41) is 3.41. The molecule has 2 N–H and O–H groups in total. The van der Waals surface area contributed by atoms with Crippen molar-refractivity contribution < 1.29 is 13.2 Å². The third-order valence-corrected chi connectivity index (χ3v) is 6.59. The first-order valence-electron chi connectivity index (χ1n) is 10.0. The molecule has 2 aromatic carbocycles. The summed E-state index contributed by atoms with van der Waals surface area (Å²) in [5.41, 5.74) is 4.26. The summed E-state index contributed by atoms with van der Waals surface area (Å²) in [6.45, 7) is 4.89. The van der Waals surface area contributed by atoms with Crippen LogP contribution in [0.15, 0.2) is 53.5 Å². The molecule has 30 heavy (non-hydrogen) atoms. The van der Waals surface area contributed by atoms with Crippen molar-refractivity contribution in [1.82, 2.24) is 14.9 Å². The average molecular weight is 431 g/mol. The summed E-state index contributed by atoms with van der Waals surface area (Å²) in [7, 11) is -0.0550. The second kappa shape index (κ2) is 10.1. The lowest BCUT2D eigenvalue weighted by Gasteiger charge is -2.35. The van der Waals surface area contributed by atoms with Crippen LogP contribution in [0.25, 0.3) is 0 Å². The fourth-order valence-corrected chi connectivity index (χ4v) is 4.31. The van der Waals surface area contributed by atoms with Crippen LogP contribution in [0.1, 0.15) is 28.4 Å². The van der Waals surface area contributed by atoms with Gasteiger partial charge in [-0.25, -0.2) is 13.1 Å². The quantitative estimate of drug-likeness (QED) is 0.542. The Kier molecular flexibility index (Phi) is 7.47. The van der Waals surface area contributed by atoms with E-state index in [1.54, 1.807) is 7.05 Å². The number of nitrogens with zero attached hydrogens (tertiary/aromatic N) is 2. The molecule has 3 rings (SSSR count). The summed E-state index contributed by atoms with van der Waals surface area (Å²) in [6, 6.07) is 15.9. The predicted molar refractivity (Wildman–Crippen MR) is 120 cm³/mol. The Labute approximate surface area is 179 Å². The number of sulfonamides is 1. The number of hydrogen-bond acceptors (Lipinski definition) is 4. The standard InChI is InChI=1S/C22H30N4O3S/c1-17-6-4-5-7-20(17)21-15-26(12-13-29-21)22(23-2)25-14-18-8-10-19(11-9-18)16-30(27,28)24-3/h4-11,21,24H,12-16H2,1-3H3,(H,23,25). The molecule has 1 aliphatic heterocycles. The fourth-order valence-electron chi connectivity index (χ4n) is 3.54. The molecule has 8 heteroatoms. The van der Waals surface area contributed by atoms with Gasteiger partial charge in [-0.15, -0.1) is 0 Å². The number of guanidine groups is 1. The molecule has 0 radical (unpaired) electrons. The SMILES string of the molecule is CN=C(NCc1ccc(CS(=O)(=O)NC)cc1)N1CCOC(c2ccccc2C)C1. The number of ether oxygens (including phenoxy) is 1. The Hall–Kier alpha value is -2.42. The predicted octanol–water partition coefficient (Wildman–Crippen LogP) is 2.19. The zero-order valence-electron chi connectivity index (χ0n) is 17.8. The second-order valence-corrected chi connectivity index (χ2v) is 9.27. The van der Waals surface area contributed by atoms with Crippen molar-refractivity contribution in [2.75, 3.05) is 33.8 Å². The fraction of sp³-hybridized carbons (Fsp3) is 0.409. The molecule has 2 aromatic rings. The number of morpholine rings is 1. The molecule has 0 bridgehead atoms. The third-order valence-electron chi connectivity index (χ3n) is 5.25. The van der Waals surface area contributed by atoms with Gasteiger partial charge in [0, 0.05) is 20.1 Å². The molecule has 162 valence electrons. The first kappa shape index (κ1) is 22.3. The third kappa shape index (κ3) is 5.81. The van der Waals surface area contributed by atoms with Gasteiger partial charge in [-0.1, -0.05) is 48.5 Å². The molecule has 0 aromatic heterocycles. The Morgan fingerprint density at radius 1 is 1.17 bits per heavy atom. The zero-order valence-corrected chi connectivity index (χ0v) is 18.6. The van der Waals surface area contributed by atoms with Gasteiger partial charge in [-0.05, 0) is 36.2 Å². The van der Waals surface area contributed by atoms with Crippen molar-refractivity contribution in [2.24, 2.45) is 4.99 Å². The normalized spacial score (nSPS) is 17.8. The number of aliphatic imine (C=N–C) groups is 1. The number of rotatable bonds is 6. The minimum Gasteiger partial charge on any atom is -0.370 e. The van der Waals surface area contributed by atoms with Gasteiger partial charge in [-0.2, -0.15) is 0 Å². The Morgan fingerprint density at radius 2 is 1.87 bits per heavy atom. The summed E-state index contributed by atoms with van der Waals surface area (Å²) >= 11 is 0. The minimum atomic E-state index is -3.26. The lowest BCUT2D eigenvalue weighted by molar-refractivity contribution is -0.00833. The van der Waals surface area contributed by atoms with E-state index in [-0.39, 0.29) is 11.9 Å². The van der Waals surface area contributed by atoms with E-state index in [0.29, 0.717) is 13.2 Å². The van der Waals surface area contributed by atoms with Gasteiger partial charge >= 0.3 is 0 Å². The van der Waals surface area contributed by atoms with Crippen LogP contribution in [0.4, 0.5) is 0 Å². The Bertz CT molecular complexity index is 974. The van der Waals surface area contributed by atoms with E-state index in [1.807, 2.05) is 36.4 Å². The van der Waals surface area contributed by atoms with E-state index < -0.39 is 10.0 Å². The Balaban J connectivity index is 1.60. The molecule has 1 saturated heterocycles. The highest BCUT2D eigenvalue weighted by Crippen LogP contribution is 2.25.